The number of aryl methyl sites for hydroxylation is 2. The van der Waals surface area contributed by atoms with Crippen LogP contribution < -0.4 is 21.8 Å². The molecule has 18 nitrogen and oxygen atoms in total. The SMILES string of the molecule is CO[C@@H]1C[C@H](S(=O)(=O)c2ccc(-n3nc(C)ccc3=O)cc2Cl)C[C@H]1C(=O)NC1(C#N)CC1.CO[C@H]1C[C@@H](S(=O)(=O)c2ccc(-n3nc(C)ccc3=O)cc2Cl)C[C@@H]1C(=O)NC1(C#N)CC1. The van der Waals surface area contributed by atoms with E-state index in [2.05, 4.69) is 33.0 Å². The van der Waals surface area contributed by atoms with E-state index in [0.29, 0.717) is 48.4 Å². The molecule has 4 aliphatic carbocycles. The van der Waals surface area contributed by atoms with Gasteiger partial charge in [-0.2, -0.15) is 30.1 Å². The Labute approximate surface area is 390 Å². The third-order valence-corrected chi connectivity index (χ3v) is 17.8. The van der Waals surface area contributed by atoms with Gasteiger partial charge in [0, 0.05) is 26.4 Å². The van der Waals surface area contributed by atoms with Crippen LogP contribution in [-0.4, -0.2) is 96.2 Å². The van der Waals surface area contributed by atoms with Crippen molar-refractivity contribution in [3.63, 3.8) is 0 Å². The molecule has 2 amide bonds. The fourth-order valence-electron chi connectivity index (χ4n) is 8.36. The zero-order chi connectivity index (χ0) is 47.9. The second-order valence-corrected chi connectivity index (χ2v) is 22.3. The summed E-state index contributed by atoms with van der Waals surface area (Å²) in [7, 11) is -4.92. The van der Waals surface area contributed by atoms with Crippen LogP contribution in [0.25, 0.3) is 11.4 Å². The number of sulfone groups is 2. The molecule has 4 aliphatic rings. The number of benzene rings is 2. The van der Waals surface area contributed by atoms with Gasteiger partial charge in [-0.25, -0.2) is 16.8 Å². The first-order valence-corrected chi connectivity index (χ1v) is 24.8. The summed E-state index contributed by atoms with van der Waals surface area (Å²) in [5.41, 5.74) is -0.493. The first-order valence-electron chi connectivity index (χ1n) is 20.9. The number of nitriles is 2. The van der Waals surface area contributed by atoms with Crippen molar-refractivity contribution in [2.24, 2.45) is 11.8 Å². The van der Waals surface area contributed by atoms with Crippen LogP contribution in [0.2, 0.25) is 10.0 Å². The summed E-state index contributed by atoms with van der Waals surface area (Å²) in [4.78, 5) is 49.6. The number of nitrogens with one attached hydrogen (secondary N) is 2. The lowest BCUT2D eigenvalue weighted by atomic mass is 10.0. The topological polar surface area (TPSA) is 262 Å². The number of aromatic nitrogens is 4. The number of ether oxygens (including phenoxy) is 2. The van der Waals surface area contributed by atoms with Gasteiger partial charge in [0.25, 0.3) is 11.1 Å². The number of halogens is 2. The lowest BCUT2D eigenvalue weighted by molar-refractivity contribution is -0.129. The Hall–Kier alpha value is -5.48. The summed E-state index contributed by atoms with van der Waals surface area (Å²) in [6.45, 7) is 3.47. The number of amides is 2. The minimum atomic E-state index is -3.89. The van der Waals surface area contributed by atoms with Gasteiger partial charge in [0.1, 0.15) is 11.1 Å². The summed E-state index contributed by atoms with van der Waals surface area (Å²) in [5, 5.41) is 30.4. The molecule has 4 aromatic rings. The summed E-state index contributed by atoms with van der Waals surface area (Å²) in [6, 6.07) is 18.5. The van der Waals surface area contributed by atoms with Crippen molar-refractivity contribution in [3.8, 4) is 23.5 Å². The van der Waals surface area contributed by atoms with Crippen LogP contribution in [0.15, 0.2) is 80.0 Å². The third kappa shape index (κ3) is 9.81. The molecule has 348 valence electrons. The van der Waals surface area contributed by atoms with Crippen molar-refractivity contribution >= 4 is 54.7 Å². The highest BCUT2D eigenvalue weighted by Crippen LogP contribution is 2.42. The van der Waals surface area contributed by atoms with E-state index in [-0.39, 0.29) is 68.5 Å². The van der Waals surface area contributed by atoms with E-state index in [4.69, 9.17) is 32.7 Å². The highest BCUT2D eigenvalue weighted by Gasteiger charge is 2.52. The second kappa shape index (κ2) is 18.7. The van der Waals surface area contributed by atoms with E-state index in [1.165, 1.54) is 62.8 Å². The van der Waals surface area contributed by atoms with E-state index in [1.807, 2.05) is 0 Å². The fourth-order valence-corrected chi connectivity index (χ4v) is 13.1. The van der Waals surface area contributed by atoms with Crippen LogP contribution in [0.3, 0.4) is 0 Å². The van der Waals surface area contributed by atoms with Crippen LogP contribution in [0.5, 0.6) is 0 Å². The predicted octanol–water partition coefficient (Wildman–Crippen LogP) is 3.87. The van der Waals surface area contributed by atoms with Gasteiger partial charge in [-0.05, 0) is 114 Å². The highest BCUT2D eigenvalue weighted by molar-refractivity contribution is 7.92. The Morgan fingerprint density at radius 3 is 1.32 bits per heavy atom. The highest BCUT2D eigenvalue weighted by atomic mass is 35.5. The van der Waals surface area contributed by atoms with Gasteiger partial charge in [0.2, 0.25) is 11.8 Å². The van der Waals surface area contributed by atoms with Crippen LogP contribution in [0.1, 0.15) is 62.8 Å². The minimum absolute atomic E-state index is 0.0361. The Morgan fingerprint density at radius 1 is 0.652 bits per heavy atom. The molecule has 0 unspecified atom stereocenters. The quantitative estimate of drug-likeness (QED) is 0.204. The molecule has 4 fully saturated rings. The minimum Gasteiger partial charge on any atom is -0.381 e. The molecule has 0 saturated heterocycles. The number of carbonyl (C=O) groups is 2. The molecular formula is C44H46Cl2N8O10S2. The zero-order valence-electron chi connectivity index (χ0n) is 36.2. The van der Waals surface area contributed by atoms with Crippen molar-refractivity contribution in [2.75, 3.05) is 14.2 Å². The van der Waals surface area contributed by atoms with Gasteiger partial charge in [0.15, 0.2) is 19.7 Å². The molecule has 2 aromatic heterocycles. The molecule has 0 radical (unpaired) electrons. The maximum Gasteiger partial charge on any atom is 0.271 e. The Bertz CT molecular complexity index is 2830. The van der Waals surface area contributed by atoms with Crippen molar-refractivity contribution in [1.82, 2.24) is 30.2 Å². The predicted molar refractivity (Wildman–Crippen MR) is 240 cm³/mol. The number of hydrogen-bond acceptors (Lipinski definition) is 14. The Kier molecular flexibility index (Phi) is 13.7. The van der Waals surface area contributed by atoms with Crippen LogP contribution in [-0.2, 0) is 38.7 Å². The van der Waals surface area contributed by atoms with Crippen molar-refractivity contribution in [2.45, 2.75) is 109 Å². The van der Waals surface area contributed by atoms with E-state index in [9.17, 15) is 46.5 Å². The number of nitrogens with zero attached hydrogens (tertiary/aromatic N) is 6. The molecule has 8 rings (SSSR count). The molecule has 0 spiro atoms. The molecule has 2 aromatic carbocycles. The molecule has 0 bridgehead atoms. The summed E-state index contributed by atoms with van der Waals surface area (Å²) < 4.78 is 66.7. The maximum absolute atomic E-state index is 13.4. The van der Waals surface area contributed by atoms with E-state index < -0.39 is 65.3 Å². The molecule has 2 heterocycles. The molecule has 0 aliphatic heterocycles. The van der Waals surface area contributed by atoms with E-state index in [0.717, 1.165) is 9.36 Å². The lowest BCUT2D eigenvalue weighted by Crippen LogP contribution is -2.42. The number of methoxy groups -OCH3 is 2. The van der Waals surface area contributed by atoms with Gasteiger partial charge in [-0.15, -0.1) is 0 Å². The van der Waals surface area contributed by atoms with E-state index >= 15 is 0 Å². The monoisotopic (exact) mass is 980 g/mol. The zero-order valence-corrected chi connectivity index (χ0v) is 39.4. The second-order valence-electron chi connectivity index (χ2n) is 17.1. The molecule has 2 N–H and O–H groups in total. The van der Waals surface area contributed by atoms with Gasteiger partial charge in [-0.3, -0.25) is 19.2 Å². The number of rotatable bonds is 12. The molecule has 4 saturated carbocycles. The average Bonchev–Trinajstić information content (AvgIpc) is 4.13. The molecule has 6 atom stereocenters. The molecular weight excluding hydrogens is 936 g/mol. The first kappa shape index (κ1) is 48.5. The standard InChI is InChI=1S/2C22H23ClN4O5S/c2*1-13-3-6-20(28)27(26-13)14-4-5-19(17(23)9-14)33(30,31)15-10-16(18(11-15)32-2)21(29)25-22(12-24)7-8-22/h2*3-6,9,15-16,18H,7-8,10-11H2,1-2H3,(H,25,29)/t2*15-,16-,18-/m10/s1. The summed E-state index contributed by atoms with van der Waals surface area (Å²) in [6.07, 6.45) is 1.55. The lowest BCUT2D eigenvalue weighted by Gasteiger charge is -2.19. The number of hydrogen-bond donors (Lipinski definition) is 2. The van der Waals surface area contributed by atoms with Gasteiger partial charge in [0.05, 0.1) is 89.3 Å². The largest absolute Gasteiger partial charge is 0.381 e. The van der Waals surface area contributed by atoms with Gasteiger partial charge >= 0.3 is 0 Å². The van der Waals surface area contributed by atoms with Crippen molar-refractivity contribution < 1.29 is 35.9 Å². The smallest absolute Gasteiger partial charge is 0.271 e. The molecule has 22 heteroatoms. The van der Waals surface area contributed by atoms with Crippen LogP contribution in [0.4, 0.5) is 0 Å². The molecule has 66 heavy (non-hydrogen) atoms. The first-order chi connectivity index (χ1) is 31.2. The van der Waals surface area contributed by atoms with Gasteiger partial charge in [-0.1, -0.05) is 23.2 Å². The van der Waals surface area contributed by atoms with E-state index in [1.54, 1.807) is 26.0 Å². The normalized spacial score (nSPS) is 23.6. The van der Waals surface area contributed by atoms with Gasteiger partial charge < -0.3 is 20.1 Å². The maximum atomic E-state index is 13.4. The fraction of sp³-hybridized carbons (Fsp3) is 0.455. The van der Waals surface area contributed by atoms with Crippen molar-refractivity contribution in [1.29, 1.82) is 10.5 Å². The average molecular weight is 982 g/mol. The Balaban J connectivity index is 0.000000196. The van der Waals surface area contributed by atoms with Crippen LogP contribution in [0, 0.1) is 48.3 Å². The third-order valence-electron chi connectivity index (χ3n) is 12.5. The summed E-state index contributed by atoms with van der Waals surface area (Å²) >= 11 is 12.7. The summed E-state index contributed by atoms with van der Waals surface area (Å²) in [5.74, 6) is -2.11. The number of carbonyl (C=O) groups excluding carboxylic acids is 2. The van der Waals surface area contributed by atoms with Crippen LogP contribution >= 0.6 is 23.2 Å². The van der Waals surface area contributed by atoms with Crippen molar-refractivity contribution in [3.05, 3.63) is 103 Å². The Morgan fingerprint density at radius 2 is 1.02 bits per heavy atom.